The van der Waals surface area contributed by atoms with Crippen LogP contribution < -0.4 is 11.3 Å². The first-order chi connectivity index (χ1) is 5.46. The number of hydrogen-bond acceptors (Lipinski definition) is 3. The average Bonchev–Trinajstić information content (AvgIpc) is 2.29. The van der Waals surface area contributed by atoms with Crippen molar-refractivity contribution in [3.05, 3.63) is 10.7 Å². The molecule has 0 saturated carbocycles. The van der Waals surface area contributed by atoms with Crippen LogP contribution in [0.2, 0.25) is 5.02 Å². The molecule has 0 aliphatic rings. The Morgan fingerprint density at radius 1 is 1.46 bits per heavy atom. The van der Waals surface area contributed by atoms with Gasteiger partial charge in [-0.3, -0.25) is 5.10 Å². The predicted molar refractivity (Wildman–Crippen MR) is 57.4 cm³/mol. The summed E-state index contributed by atoms with van der Waals surface area (Å²) in [7, 11) is 0. The molecule has 0 radical (unpaired) electrons. The Morgan fingerprint density at radius 3 is 2.23 bits per heavy atom. The van der Waals surface area contributed by atoms with Gasteiger partial charge in [0.2, 0.25) is 0 Å². The highest BCUT2D eigenvalue weighted by Gasteiger charge is 2.22. The van der Waals surface area contributed by atoms with E-state index in [1.165, 1.54) is 0 Å². The van der Waals surface area contributed by atoms with Crippen LogP contribution in [0, 0.1) is 0 Å². The Balaban J connectivity index is 0.00000144. The molecular weight excluding hydrogens is 211 g/mol. The summed E-state index contributed by atoms with van der Waals surface area (Å²) in [6.45, 7) is 6.11. The van der Waals surface area contributed by atoms with E-state index in [1.54, 1.807) is 0 Å². The number of H-pyrrole nitrogens is 1. The van der Waals surface area contributed by atoms with Gasteiger partial charge in [0.1, 0.15) is 5.02 Å². The number of anilines is 1. The molecule has 0 aromatic carbocycles. The molecule has 76 valence electrons. The number of nitrogens with one attached hydrogen (secondary N) is 2. The van der Waals surface area contributed by atoms with Gasteiger partial charge in [-0.05, 0) is 0 Å². The van der Waals surface area contributed by atoms with Crippen molar-refractivity contribution >= 4 is 29.8 Å². The third-order valence-electron chi connectivity index (χ3n) is 1.56. The minimum absolute atomic E-state index is 0. The Bertz CT molecular complexity index is 277. The van der Waals surface area contributed by atoms with E-state index in [1.807, 2.05) is 20.8 Å². The molecule has 0 fully saturated rings. The van der Waals surface area contributed by atoms with Gasteiger partial charge in [0, 0.05) is 5.41 Å². The van der Waals surface area contributed by atoms with Crippen molar-refractivity contribution in [3.8, 4) is 0 Å². The minimum Gasteiger partial charge on any atom is -0.308 e. The van der Waals surface area contributed by atoms with Crippen LogP contribution in [-0.4, -0.2) is 10.2 Å². The maximum absolute atomic E-state index is 5.97. The molecule has 6 heteroatoms. The van der Waals surface area contributed by atoms with E-state index in [4.69, 9.17) is 17.4 Å². The zero-order valence-corrected chi connectivity index (χ0v) is 9.38. The molecule has 0 atom stereocenters. The third-order valence-corrected chi connectivity index (χ3v) is 1.93. The molecule has 0 bridgehead atoms. The fourth-order valence-corrected chi connectivity index (χ4v) is 1.34. The largest absolute Gasteiger partial charge is 0.308 e. The van der Waals surface area contributed by atoms with Crippen molar-refractivity contribution in [2.24, 2.45) is 5.84 Å². The zero-order chi connectivity index (χ0) is 9.35. The molecule has 0 aliphatic heterocycles. The normalized spacial score (nSPS) is 10.8. The van der Waals surface area contributed by atoms with Crippen LogP contribution in [-0.2, 0) is 5.41 Å². The summed E-state index contributed by atoms with van der Waals surface area (Å²) in [6, 6.07) is 0. The highest BCUT2D eigenvalue weighted by Crippen LogP contribution is 2.31. The number of hydrogen-bond donors (Lipinski definition) is 3. The van der Waals surface area contributed by atoms with Gasteiger partial charge in [-0.2, -0.15) is 5.10 Å². The smallest absolute Gasteiger partial charge is 0.155 e. The molecule has 1 aromatic heterocycles. The van der Waals surface area contributed by atoms with Crippen LogP contribution in [0.15, 0.2) is 0 Å². The van der Waals surface area contributed by atoms with Crippen molar-refractivity contribution in [2.45, 2.75) is 26.2 Å². The topological polar surface area (TPSA) is 66.7 Å². The molecule has 0 aliphatic carbocycles. The van der Waals surface area contributed by atoms with Crippen LogP contribution in [0.4, 0.5) is 5.82 Å². The number of nitrogens with zero attached hydrogens (tertiary/aromatic N) is 1. The fourth-order valence-electron chi connectivity index (χ4n) is 0.921. The van der Waals surface area contributed by atoms with Gasteiger partial charge in [-0.25, -0.2) is 5.84 Å². The number of nitrogen functional groups attached to an aromatic ring is 1. The lowest BCUT2D eigenvalue weighted by atomic mass is 9.92. The van der Waals surface area contributed by atoms with Crippen LogP contribution >= 0.6 is 24.0 Å². The van der Waals surface area contributed by atoms with Crippen LogP contribution in [0.3, 0.4) is 0 Å². The van der Waals surface area contributed by atoms with Crippen LogP contribution in [0.5, 0.6) is 0 Å². The second-order valence-corrected chi connectivity index (χ2v) is 4.03. The van der Waals surface area contributed by atoms with E-state index in [-0.39, 0.29) is 17.8 Å². The van der Waals surface area contributed by atoms with Gasteiger partial charge < -0.3 is 5.43 Å². The van der Waals surface area contributed by atoms with E-state index in [0.29, 0.717) is 10.8 Å². The summed E-state index contributed by atoms with van der Waals surface area (Å²) in [6.07, 6.45) is 0. The second-order valence-electron chi connectivity index (χ2n) is 3.66. The maximum Gasteiger partial charge on any atom is 0.155 e. The van der Waals surface area contributed by atoms with Gasteiger partial charge in [-0.1, -0.05) is 32.4 Å². The van der Waals surface area contributed by atoms with E-state index in [2.05, 4.69) is 15.6 Å². The predicted octanol–water partition coefficient (Wildman–Crippen LogP) is 2.07. The van der Waals surface area contributed by atoms with Gasteiger partial charge in [0.05, 0.1) is 5.69 Å². The monoisotopic (exact) mass is 224 g/mol. The molecule has 0 saturated heterocycles. The van der Waals surface area contributed by atoms with Crippen LogP contribution in [0.1, 0.15) is 26.5 Å². The molecule has 0 unspecified atom stereocenters. The van der Waals surface area contributed by atoms with E-state index in [9.17, 15) is 0 Å². The Labute approximate surface area is 88.6 Å². The van der Waals surface area contributed by atoms with Crippen LogP contribution in [0.25, 0.3) is 0 Å². The SMILES string of the molecule is CC(C)(C)c1n[nH]c(NN)c1Cl.Cl. The maximum atomic E-state index is 5.97. The summed E-state index contributed by atoms with van der Waals surface area (Å²) in [5.74, 6) is 5.76. The highest BCUT2D eigenvalue weighted by atomic mass is 35.5. The minimum atomic E-state index is -0.0668. The second kappa shape index (κ2) is 4.17. The number of aromatic amines is 1. The lowest BCUT2D eigenvalue weighted by Gasteiger charge is -2.14. The molecular formula is C7H14Cl2N4. The molecule has 0 spiro atoms. The molecule has 1 rings (SSSR count). The summed E-state index contributed by atoms with van der Waals surface area (Å²) >= 11 is 5.97. The summed E-state index contributed by atoms with van der Waals surface area (Å²) in [5, 5.41) is 7.33. The van der Waals surface area contributed by atoms with E-state index >= 15 is 0 Å². The molecule has 13 heavy (non-hydrogen) atoms. The molecule has 1 heterocycles. The van der Waals surface area contributed by atoms with Crippen molar-refractivity contribution < 1.29 is 0 Å². The van der Waals surface area contributed by atoms with Crippen molar-refractivity contribution in [3.63, 3.8) is 0 Å². The first-order valence-electron chi connectivity index (χ1n) is 3.67. The number of hydrazine groups is 1. The van der Waals surface area contributed by atoms with Gasteiger partial charge in [-0.15, -0.1) is 12.4 Å². The Kier molecular flexibility index (Phi) is 4.03. The third kappa shape index (κ3) is 2.49. The Morgan fingerprint density at radius 2 is 2.00 bits per heavy atom. The zero-order valence-electron chi connectivity index (χ0n) is 7.81. The average molecular weight is 225 g/mol. The molecule has 0 amide bonds. The van der Waals surface area contributed by atoms with Crippen molar-refractivity contribution in [1.82, 2.24) is 10.2 Å². The lowest BCUT2D eigenvalue weighted by Crippen LogP contribution is -2.12. The molecule has 1 aromatic rings. The van der Waals surface area contributed by atoms with Gasteiger partial charge >= 0.3 is 0 Å². The number of nitrogens with two attached hydrogens (primary N) is 1. The number of halogens is 2. The standard InChI is InChI=1S/C7H13ClN4.ClH/c1-7(2,3)5-4(8)6(10-9)12-11-5;/h9H2,1-3H3,(H2,10,11,12);1H. The summed E-state index contributed by atoms with van der Waals surface area (Å²) < 4.78 is 0. The molecule has 4 nitrogen and oxygen atoms in total. The van der Waals surface area contributed by atoms with Crippen molar-refractivity contribution in [2.75, 3.05) is 5.43 Å². The summed E-state index contributed by atoms with van der Waals surface area (Å²) in [5.41, 5.74) is 3.19. The summed E-state index contributed by atoms with van der Waals surface area (Å²) in [4.78, 5) is 0. The Hall–Kier alpha value is -0.450. The van der Waals surface area contributed by atoms with E-state index in [0.717, 1.165) is 5.69 Å². The highest BCUT2D eigenvalue weighted by molar-refractivity contribution is 6.33. The molecule has 4 N–H and O–H groups in total. The number of aromatic nitrogens is 2. The van der Waals surface area contributed by atoms with Crippen molar-refractivity contribution in [1.29, 1.82) is 0 Å². The quantitative estimate of drug-likeness (QED) is 0.506. The first kappa shape index (κ1) is 12.5. The lowest BCUT2D eigenvalue weighted by molar-refractivity contribution is 0.567. The van der Waals surface area contributed by atoms with Gasteiger partial charge in [0.15, 0.2) is 5.82 Å². The number of rotatable bonds is 1. The van der Waals surface area contributed by atoms with Gasteiger partial charge in [0.25, 0.3) is 0 Å². The first-order valence-corrected chi connectivity index (χ1v) is 4.05. The van der Waals surface area contributed by atoms with E-state index < -0.39 is 0 Å². The fraction of sp³-hybridized carbons (Fsp3) is 0.571.